The second-order valence-corrected chi connectivity index (χ2v) is 2.77. The molecule has 0 aliphatic carbocycles. The topological polar surface area (TPSA) is 66.0 Å². The van der Waals surface area contributed by atoms with Gasteiger partial charge in [0.15, 0.2) is 0 Å². The Morgan fingerprint density at radius 3 is 2.53 bits per heavy atom. The number of hydrogen-bond donors (Lipinski definition) is 0. The number of nitriles is 2. The van der Waals surface area contributed by atoms with Crippen LogP contribution in [-0.4, -0.2) is 13.7 Å². The van der Waals surface area contributed by atoms with Crippen LogP contribution < -0.4 is 9.47 Å². The predicted octanol–water partition coefficient (Wildman–Crippen LogP) is 1.86. The van der Waals surface area contributed by atoms with Crippen molar-refractivity contribution in [2.24, 2.45) is 0 Å². The zero-order chi connectivity index (χ0) is 11.1. The van der Waals surface area contributed by atoms with Crippen LogP contribution in [-0.2, 0) is 0 Å². The number of nitrogens with zero attached hydrogens (tertiary/aromatic N) is 2. The van der Waals surface area contributed by atoms with Gasteiger partial charge in [-0.25, -0.2) is 0 Å². The molecule has 0 aromatic heterocycles. The van der Waals surface area contributed by atoms with Gasteiger partial charge in [-0.05, 0) is 12.1 Å². The van der Waals surface area contributed by atoms with Crippen molar-refractivity contribution < 1.29 is 9.47 Å². The average molecular weight is 202 g/mol. The quantitative estimate of drug-likeness (QED) is 0.699. The van der Waals surface area contributed by atoms with Crippen molar-refractivity contribution >= 4 is 0 Å². The average Bonchev–Trinajstić information content (AvgIpc) is 2.29. The molecule has 0 fully saturated rings. The van der Waals surface area contributed by atoms with Crippen LogP contribution in [0.25, 0.3) is 0 Å². The molecule has 0 saturated carbocycles. The van der Waals surface area contributed by atoms with Gasteiger partial charge in [-0.15, -0.1) is 0 Å². The largest absolute Gasteiger partial charge is 0.497 e. The zero-order valence-electron chi connectivity index (χ0n) is 8.36. The molecule has 0 aliphatic heterocycles. The van der Waals surface area contributed by atoms with Gasteiger partial charge < -0.3 is 9.47 Å². The molecule has 0 unspecified atom stereocenters. The Morgan fingerprint density at radius 1 is 1.20 bits per heavy atom. The lowest BCUT2D eigenvalue weighted by atomic mass is 10.2. The first-order valence-corrected chi connectivity index (χ1v) is 4.39. The summed E-state index contributed by atoms with van der Waals surface area (Å²) in [6.07, 6.45) is 0.319. The SMILES string of the molecule is COc1cc(C#N)cc(OCCC#N)c1. The van der Waals surface area contributed by atoms with Gasteiger partial charge in [0.1, 0.15) is 18.1 Å². The highest BCUT2D eigenvalue weighted by atomic mass is 16.5. The molecule has 1 aromatic rings. The van der Waals surface area contributed by atoms with Crippen LogP contribution in [0.5, 0.6) is 11.5 Å². The number of ether oxygens (including phenoxy) is 2. The van der Waals surface area contributed by atoms with Crippen molar-refractivity contribution in [1.82, 2.24) is 0 Å². The Bertz CT molecular complexity index is 416. The molecular weight excluding hydrogens is 192 g/mol. The Kier molecular flexibility index (Phi) is 4.00. The molecule has 76 valence electrons. The van der Waals surface area contributed by atoms with Gasteiger partial charge in [-0.3, -0.25) is 0 Å². The summed E-state index contributed by atoms with van der Waals surface area (Å²) < 4.78 is 10.3. The summed E-state index contributed by atoms with van der Waals surface area (Å²) in [7, 11) is 1.52. The molecule has 0 bridgehead atoms. The minimum absolute atomic E-state index is 0.314. The van der Waals surface area contributed by atoms with Gasteiger partial charge in [0, 0.05) is 6.07 Å². The number of rotatable bonds is 4. The van der Waals surface area contributed by atoms with Crippen LogP contribution in [0, 0.1) is 22.7 Å². The molecule has 0 amide bonds. The third kappa shape index (κ3) is 3.21. The maximum atomic E-state index is 8.74. The maximum absolute atomic E-state index is 8.74. The summed E-state index contributed by atoms with van der Waals surface area (Å²) >= 11 is 0. The van der Waals surface area contributed by atoms with Crippen molar-refractivity contribution in [3.63, 3.8) is 0 Å². The van der Waals surface area contributed by atoms with E-state index < -0.39 is 0 Å². The normalized spacial score (nSPS) is 8.73. The molecule has 15 heavy (non-hydrogen) atoms. The fourth-order valence-electron chi connectivity index (χ4n) is 1.05. The van der Waals surface area contributed by atoms with Crippen LogP contribution in [0.2, 0.25) is 0 Å². The molecule has 0 spiro atoms. The summed E-state index contributed by atoms with van der Waals surface area (Å²) in [5, 5.41) is 17.1. The monoisotopic (exact) mass is 202 g/mol. The Labute approximate surface area is 88.3 Å². The molecule has 0 heterocycles. The summed E-state index contributed by atoms with van der Waals surface area (Å²) in [6, 6.07) is 8.89. The molecule has 0 saturated heterocycles. The Hall–Kier alpha value is -2.20. The summed E-state index contributed by atoms with van der Waals surface area (Å²) in [5.74, 6) is 1.11. The number of hydrogen-bond acceptors (Lipinski definition) is 4. The second kappa shape index (κ2) is 5.51. The smallest absolute Gasteiger partial charge is 0.124 e. The second-order valence-electron chi connectivity index (χ2n) is 2.77. The summed E-state index contributed by atoms with van der Waals surface area (Å²) in [4.78, 5) is 0. The Morgan fingerprint density at radius 2 is 1.93 bits per heavy atom. The first kappa shape index (κ1) is 10.9. The molecular formula is C11H10N2O2. The van der Waals surface area contributed by atoms with Gasteiger partial charge in [-0.1, -0.05) is 0 Å². The highest BCUT2D eigenvalue weighted by Crippen LogP contribution is 2.22. The standard InChI is InChI=1S/C11H10N2O2/c1-14-10-5-9(8-13)6-11(7-10)15-4-2-3-12/h5-7H,2,4H2,1H3. The highest BCUT2D eigenvalue weighted by molar-refractivity contribution is 5.43. The van der Waals surface area contributed by atoms with Crippen LogP contribution in [0.4, 0.5) is 0 Å². The van der Waals surface area contributed by atoms with Crippen molar-refractivity contribution in [2.75, 3.05) is 13.7 Å². The van der Waals surface area contributed by atoms with E-state index in [0.29, 0.717) is 30.1 Å². The lowest BCUT2D eigenvalue weighted by molar-refractivity contribution is 0.323. The molecule has 1 aromatic carbocycles. The van der Waals surface area contributed by atoms with Gasteiger partial charge in [0.25, 0.3) is 0 Å². The minimum Gasteiger partial charge on any atom is -0.497 e. The van der Waals surface area contributed by atoms with E-state index in [4.69, 9.17) is 20.0 Å². The van der Waals surface area contributed by atoms with Crippen LogP contribution in [0.1, 0.15) is 12.0 Å². The van der Waals surface area contributed by atoms with E-state index in [9.17, 15) is 0 Å². The maximum Gasteiger partial charge on any atom is 0.124 e. The minimum atomic E-state index is 0.314. The van der Waals surface area contributed by atoms with E-state index in [1.54, 1.807) is 18.2 Å². The van der Waals surface area contributed by atoms with Crippen LogP contribution in [0.3, 0.4) is 0 Å². The van der Waals surface area contributed by atoms with Crippen molar-refractivity contribution in [1.29, 1.82) is 10.5 Å². The van der Waals surface area contributed by atoms with E-state index in [1.807, 2.05) is 12.1 Å². The first-order chi connectivity index (χ1) is 7.30. The Balaban J connectivity index is 2.80. The number of methoxy groups -OCH3 is 1. The number of benzene rings is 1. The summed E-state index contributed by atoms with van der Waals surface area (Å²) in [6.45, 7) is 0.314. The fourth-order valence-corrected chi connectivity index (χ4v) is 1.05. The molecule has 4 nitrogen and oxygen atoms in total. The van der Waals surface area contributed by atoms with E-state index in [0.717, 1.165) is 0 Å². The third-order valence-electron chi connectivity index (χ3n) is 1.73. The summed E-state index contributed by atoms with van der Waals surface area (Å²) in [5.41, 5.74) is 0.473. The van der Waals surface area contributed by atoms with Gasteiger partial charge >= 0.3 is 0 Å². The highest BCUT2D eigenvalue weighted by Gasteiger charge is 2.01. The lowest BCUT2D eigenvalue weighted by Crippen LogP contribution is -1.96. The fraction of sp³-hybridized carbons (Fsp3) is 0.273. The van der Waals surface area contributed by atoms with Crippen LogP contribution in [0.15, 0.2) is 18.2 Å². The molecule has 4 heteroatoms. The van der Waals surface area contributed by atoms with E-state index in [-0.39, 0.29) is 0 Å². The molecule has 0 radical (unpaired) electrons. The molecule has 1 rings (SSSR count). The molecule has 0 aliphatic rings. The van der Waals surface area contributed by atoms with Crippen molar-refractivity contribution in [2.45, 2.75) is 6.42 Å². The molecule has 0 N–H and O–H groups in total. The van der Waals surface area contributed by atoms with Crippen LogP contribution >= 0.6 is 0 Å². The molecule has 0 atom stereocenters. The lowest BCUT2D eigenvalue weighted by Gasteiger charge is -2.06. The first-order valence-electron chi connectivity index (χ1n) is 4.39. The van der Waals surface area contributed by atoms with Crippen molar-refractivity contribution in [3.8, 4) is 23.6 Å². The zero-order valence-corrected chi connectivity index (χ0v) is 8.36. The predicted molar refractivity (Wildman–Crippen MR) is 53.4 cm³/mol. The van der Waals surface area contributed by atoms with Gasteiger partial charge in [0.2, 0.25) is 0 Å². The van der Waals surface area contributed by atoms with Gasteiger partial charge in [0.05, 0.1) is 31.2 Å². The van der Waals surface area contributed by atoms with E-state index in [1.165, 1.54) is 7.11 Å². The third-order valence-corrected chi connectivity index (χ3v) is 1.73. The van der Waals surface area contributed by atoms with Gasteiger partial charge in [-0.2, -0.15) is 10.5 Å². The van der Waals surface area contributed by atoms with E-state index in [2.05, 4.69) is 0 Å². The van der Waals surface area contributed by atoms with E-state index >= 15 is 0 Å². The van der Waals surface area contributed by atoms with Crippen molar-refractivity contribution in [3.05, 3.63) is 23.8 Å².